The number of benzene rings is 2. The van der Waals surface area contributed by atoms with E-state index in [2.05, 4.69) is 15.7 Å². The summed E-state index contributed by atoms with van der Waals surface area (Å²) in [5.41, 5.74) is 0.892. The molecule has 0 spiro atoms. The first-order valence-corrected chi connectivity index (χ1v) is 10.3. The first-order valence-electron chi connectivity index (χ1n) is 10.3. The molecular formula is C22H23N5O6. The molecule has 1 N–H and O–H groups in total. The number of rotatable bonds is 8. The number of fused-ring (bicyclic) bond motifs is 1. The highest BCUT2D eigenvalue weighted by Crippen LogP contribution is 2.36. The van der Waals surface area contributed by atoms with Crippen LogP contribution in [-0.4, -0.2) is 62.2 Å². The van der Waals surface area contributed by atoms with Crippen LogP contribution in [0.3, 0.4) is 0 Å². The second-order valence-electron chi connectivity index (χ2n) is 7.25. The molecule has 0 unspecified atom stereocenters. The number of nitrogens with one attached hydrogen (secondary N) is 1. The van der Waals surface area contributed by atoms with E-state index in [1.807, 2.05) is 6.92 Å². The van der Waals surface area contributed by atoms with E-state index in [9.17, 15) is 14.4 Å². The molecule has 33 heavy (non-hydrogen) atoms. The Bertz CT molecular complexity index is 1100. The third-order valence-corrected chi connectivity index (χ3v) is 5.24. The minimum absolute atomic E-state index is 0.239. The number of nitrogens with zero attached hydrogens (tertiary/aromatic N) is 4. The Morgan fingerprint density at radius 2 is 1.76 bits per heavy atom. The molecule has 2 aromatic rings. The van der Waals surface area contributed by atoms with Crippen molar-refractivity contribution in [3.05, 3.63) is 42.5 Å². The van der Waals surface area contributed by atoms with Crippen molar-refractivity contribution in [2.24, 2.45) is 10.3 Å². The zero-order valence-electron chi connectivity index (χ0n) is 18.3. The van der Waals surface area contributed by atoms with Gasteiger partial charge in [0.15, 0.2) is 23.6 Å². The van der Waals surface area contributed by atoms with Crippen molar-refractivity contribution >= 4 is 29.1 Å². The van der Waals surface area contributed by atoms with Gasteiger partial charge in [0.2, 0.25) is 5.91 Å². The molecule has 2 atom stereocenters. The Balaban J connectivity index is 1.46. The lowest BCUT2D eigenvalue weighted by molar-refractivity contribution is -0.123. The Hall–Kier alpha value is -4.15. The molecule has 11 nitrogen and oxygen atoms in total. The van der Waals surface area contributed by atoms with E-state index in [1.165, 1.54) is 25.3 Å². The average molecular weight is 453 g/mol. The van der Waals surface area contributed by atoms with E-state index in [1.54, 1.807) is 36.4 Å². The maximum Gasteiger partial charge on any atom is 0.263 e. The number of imide groups is 1. The van der Waals surface area contributed by atoms with Crippen molar-refractivity contribution in [1.82, 2.24) is 5.01 Å². The summed E-state index contributed by atoms with van der Waals surface area (Å²) in [4.78, 5) is 39.6. The maximum absolute atomic E-state index is 13.1. The van der Waals surface area contributed by atoms with Gasteiger partial charge in [-0.3, -0.25) is 19.4 Å². The highest BCUT2D eigenvalue weighted by molar-refractivity contribution is 6.25. The monoisotopic (exact) mass is 453 g/mol. The molecule has 2 aliphatic heterocycles. The first-order chi connectivity index (χ1) is 16.0. The third kappa shape index (κ3) is 4.16. The normalized spacial score (nSPS) is 19.0. The van der Waals surface area contributed by atoms with Crippen LogP contribution >= 0.6 is 0 Å². The quantitative estimate of drug-likeness (QED) is 0.607. The van der Waals surface area contributed by atoms with E-state index in [-0.39, 0.29) is 6.54 Å². The van der Waals surface area contributed by atoms with Gasteiger partial charge in [-0.2, -0.15) is 5.11 Å². The predicted molar refractivity (Wildman–Crippen MR) is 117 cm³/mol. The Morgan fingerprint density at radius 1 is 1.03 bits per heavy atom. The zero-order valence-corrected chi connectivity index (χ0v) is 18.3. The van der Waals surface area contributed by atoms with Crippen LogP contribution < -0.4 is 24.4 Å². The molecule has 0 aliphatic carbocycles. The molecule has 3 amide bonds. The van der Waals surface area contributed by atoms with Crippen LogP contribution in [0.1, 0.15) is 6.92 Å². The molecule has 2 aliphatic rings. The Labute approximate surface area is 189 Å². The second kappa shape index (κ2) is 9.15. The van der Waals surface area contributed by atoms with Gasteiger partial charge in [-0.15, -0.1) is 0 Å². The number of anilines is 2. The lowest BCUT2D eigenvalue weighted by atomic mass is 10.1. The standard InChI is InChI=1S/C22H23N5O6/c1-4-33-15-8-5-13(6-9-15)23-18(28)12-26-20-19(24-25-26)21(29)27(22(20)30)14-7-10-16(31-2)17(11-14)32-3/h5-11,19-20H,4,12H2,1-3H3,(H,23,28)/t19-,20+/m1/s1. The third-order valence-electron chi connectivity index (χ3n) is 5.24. The summed E-state index contributed by atoms with van der Waals surface area (Å²) in [6.45, 7) is 2.19. The summed E-state index contributed by atoms with van der Waals surface area (Å²) in [6, 6.07) is 9.62. The van der Waals surface area contributed by atoms with E-state index < -0.39 is 29.8 Å². The van der Waals surface area contributed by atoms with E-state index in [4.69, 9.17) is 14.2 Å². The SMILES string of the molecule is CCOc1ccc(NC(=O)CN2N=N[C@H]3C(=O)N(c4ccc(OC)c(OC)c4)C(=O)[C@H]32)cc1. The molecule has 0 radical (unpaired) electrons. The van der Waals surface area contributed by atoms with Crippen molar-refractivity contribution in [3.8, 4) is 17.2 Å². The van der Waals surface area contributed by atoms with Crippen LogP contribution in [0.15, 0.2) is 52.8 Å². The van der Waals surface area contributed by atoms with Crippen LogP contribution in [0.4, 0.5) is 11.4 Å². The van der Waals surface area contributed by atoms with Gasteiger partial charge < -0.3 is 19.5 Å². The first kappa shape index (κ1) is 22.1. The topological polar surface area (TPSA) is 122 Å². The van der Waals surface area contributed by atoms with Crippen molar-refractivity contribution in [2.45, 2.75) is 19.0 Å². The lowest BCUT2D eigenvalue weighted by Gasteiger charge is -2.20. The molecule has 4 rings (SSSR count). The smallest absolute Gasteiger partial charge is 0.263 e. The van der Waals surface area contributed by atoms with Gasteiger partial charge in [-0.05, 0) is 43.3 Å². The van der Waals surface area contributed by atoms with Crippen LogP contribution in [0.2, 0.25) is 0 Å². The van der Waals surface area contributed by atoms with Crippen LogP contribution in [0, 0.1) is 0 Å². The summed E-state index contributed by atoms with van der Waals surface area (Å²) >= 11 is 0. The van der Waals surface area contributed by atoms with Gasteiger partial charge in [0, 0.05) is 11.8 Å². The van der Waals surface area contributed by atoms with Crippen molar-refractivity contribution in [2.75, 3.05) is 37.6 Å². The second-order valence-corrected chi connectivity index (χ2v) is 7.25. The highest BCUT2D eigenvalue weighted by atomic mass is 16.5. The number of carbonyl (C=O) groups is 3. The summed E-state index contributed by atoms with van der Waals surface area (Å²) < 4.78 is 15.8. The lowest BCUT2D eigenvalue weighted by Crippen LogP contribution is -2.43. The summed E-state index contributed by atoms with van der Waals surface area (Å²) in [7, 11) is 2.95. The number of carbonyl (C=O) groups excluding carboxylic acids is 3. The van der Waals surface area contributed by atoms with Crippen molar-refractivity contribution < 1.29 is 28.6 Å². The summed E-state index contributed by atoms with van der Waals surface area (Å²) in [5, 5.41) is 11.8. The van der Waals surface area contributed by atoms with Gasteiger partial charge in [0.25, 0.3) is 11.8 Å². The van der Waals surface area contributed by atoms with Crippen LogP contribution in [0.25, 0.3) is 0 Å². The van der Waals surface area contributed by atoms with Crippen molar-refractivity contribution in [3.63, 3.8) is 0 Å². The molecule has 1 saturated heterocycles. The number of methoxy groups -OCH3 is 2. The fourth-order valence-electron chi connectivity index (χ4n) is 3.72. The van der Waals surface area contributed by atoms with Crippen LogP contribution in [-0.2, 0) is 14.4 Å². The summed E-state index contributed by atoms with van der Waals surface area (Å²) in [6.07, 6.45) is 0. The number of ether oxygens (including phenoxy) is 3. The molecule has 1 fully saturated rings. The van der Waals surface area contributed by atoms with Gasteiger partial charge in [-0.1, -0.05) is 5.22 Å². The molecule has 0 bridgehead atoms. The van der Waals surface area contributed by atoms with Gasteiger partial charge in [-0.25, -0.2) is 4.90 Å². The maximum atomic E-state index is 13.1. The fraction of sp³-hybridized carbons (Fsp3) is 0.318. The average Bonchev–Trinajstić information content (AvgIpc) is 3.34. The zero-order chi connectivity index (χ0) is 23.5. The van der Waals surface area contributed by atoms with E-state index in [0.717, 1.165) is 4.90 Å². The molecule has 0 aromatic heterocycles. The molecule has 0 saturated carbocycles. The van der Waals surface area contributed by atoms with Crippen molar-refractivity contribution in [1.29, 1.82) is 0 Å². The minimum atomic E-state index is -1.01. The van der Waals surface area contributed by atoms with Gasteiger partial charge in [0.05, 0.1) is 26.5 Å². The fourth-order valence-corrected chi connectivity index (χ4v) is 3.72. The number of hydrogen-bond donors (Lipinski definition) is 1. The Morgan fingerprint density at radius 3 is 2.42 bits per heavy atom. The highest BCUT2D eigenvalue weighted by Gasteiger charge is 2.55. The van der Waals surface area contributed by atoms with E-state index in [0.29, 0.717) is 35.2 Å². The van der Waals surface area contributed by atoms with E-state index >= 15 is 0 Å². The molecule has 2 heterocycles. The summed E-state index contributed by atoms with van der Waals surface area (Å²) in [5.74, 6) is 0.0979. The molecule has 172 valence electrons. The minimum Gasteiger partial charge on any atom is -0.494 e. The molecule has 11 heteroatoms. The van der Waals surface area contributed by atoms with Gasteiger partial charge >= 0.3 is 0 Å². The molecule has 2 aromatic carbocycles. The van der Waals surface area contributed by atoms with Crippen LogP contribution in [0.5, 0.6) is 17.2 Å². The van der Waals surface area contributed by atoms with Gasteiger partial charge in [0.1, 0.15) is 12.3 Å². The molecular weight excluding hydrogens is 430 g/mol. The number of hydrogen-bond acceptors (Lipinski definition) is 9. The largest absolute Gasteiger partial charge is 0.494 e. The Kier molecular flexibility index (Phi) is 6.11. The predicted octanol–water partition coefficient (Wildman–Crippen LogP) is 2.03. The number of amides is 3.